The molecule has 2 rings (SSSR count). The van der Waals surface area contributed by atoms with Crippen LogP contribution in [-0.2, 0) is 0 Å². The molecule has 2 saturated heterocycles. The topological polar surface area (TPSA) is 93.7 Å². The number of hydrogen-bond acceptors (Lipinski definition) is 3. The molecule has 0 aliphatic carbocycles. The molecule has 0 aromatic heterocycles. The van der Waals surface area contributed by atoms with Gasteiger partial charge in [0.1, 0.15) is 12.3 Å². The Morgan fingerprint density at radius 1 is 1.31 bits per heavy atom. The number of hydrogen-bond donors (Lipinski definition) is 4. The fourth-order valence-corrected chi connectivity index (χ4v) is 1.54. The number of carbonyl (C=O) groups excluding carboxylic acids is 2. The Morgan fingerprint density at radius 2 is 2.08 bits per heavy atom. The number of carbonyl (C=O) groups is 2. The number of β-amino-alcohol motifs (C(OH)–C–C–N with tert-alkyl or cyclic N) is 1. The monoisotopic (exact) mass is 186 g/mol. The number of fused-ring (bicyclic) bond motifs is 1. The van der Waals surface area contributed by atoms with E-state index in [1.807, 2.05) is 0 Å². The predicted octanol–water partition coefficient (Wildman–Crippen LogP) is -2.03. The second-order valence-electron chi connectivity index (χ2n) is 2.91. The van der Waals surface area contributed by atoms with E-state index in [1.165, 1.54) is 4.90 Å². The molecule has 0 radical (unpaired) electrons. The van der Waals surface area contributed by atoms with Gasteiger partial charge in [-0.25, -0.2) is 9.59 Å². The van der Waals surface area contributed by atoms with Gasteiger partial charge in [0.05, 0.1) is 6.61 Å². The summed E-state index contributed by atoms with van der Waals surface area (Å²) in [7, 11) is 0. The van der Waals surface area contributed by atoms with Gasteiger partial charge < -0.3 is 21.1 Å². The Bertz CT molecular complexity index is 256. The highest BCUT2D eigenvalue weighted by molar-refractivity contribution is 5.84. The summed E-state index contributed by atoms with van der Waals surface area (Å²) in [6.07, 6.45) is -0.765. The van der Waals surface area contributed by atoms with Crippen molar-refractivity contribution >= 4 is 12.1 Å². The molecule has 2 aliphatic rings. The van der Waals surface area contributed by atoms with E-state index in [0.717, 1.165) is 0 Å². The zero-order valence-electron chi connectivity index (χ0n) is 6.78. The first-order valence-electron chi connectivity index (χ1n) is 3.97. The first-order chi connectivity index (χ1) is 6.22. The van der Waals surface area contributed by atoms with Crippen molar-refractivity contribution in [3.8, 4) is 0 Å². The van der Waals surface area contributed by atoms with Crippen molar-refractivity contribution in [2.45, 2.75) is 12.3 Å². The van der Waals surface area contributed by atoms with E-state index in [2.05, 4.69) is 16.0 Å². The molecule has 7 heteroatoms. The zero-order chi connectivity index (χ0) is 9.42. The third kappa shape index (κ3) is 1.17. The highest BCUT2D eigenvalue weighted by Gasteiger charge is 2.44. The average Bonchev–Trinajstić information content (AvgIpc) is 2.52. The van der Waals surface area contributed by atoms with Gasteiger partial charge in [-0.3, -0.25) is 4.90 Å². The van der Waals surface area contributed by atoms with Crippen LogP contribution in [0.4, 0.5) is 9.59 Å². The molecule has 0 spiro atoms. The van der Waals surface area contributed by atoms with Gasteiger partial charge in [0.25, 0.3) is 0 Å². The number of aliphatic hydroxyl groups excluding tert-OH is 1. The van der Waals surface area contributed by atoms with Crippen molar-refractivity contribution < 1.29 is 14.7 Å². The third-order valence-electron chi connectivity index (χ3n) is 2.10. The lowest BCUT2D eigenvalue weighted by molar-refractivity contribution is 0.171. The van der Waals surface area contributed by atoms with E-state index in [0.29, 0.717) is 0 Å². The summed E-state index contributed by atoms with van der Waals surface area (Å²) in [6.45, 7) is 0.0987. The molecule has 0 saturated carbocycles. The minimum atomic E-state index is -0.383. The minimum absolute atomic E-state index is 0.119. The molecule has 0 bridgehead atoms. The molecule has 4 amide bonds. The fourth-order valence-electron chi connectivity index (χ4n) is 1.54. The number of nitrogens with zero attached hydrogens (tertiary/aromatic N) is 1. The number of amides is 4. The van der Waals surface area contributed by atoms with Crippen LogP contribution >= 0.6 is 0 Å². The molecule has 2 fully saturated rings. The lowest BCUT2D eigenvalue weighted by Crippen LogP contribution is -2.44. The Kier molecular flexibility index (Phi) is 1.73. The van der Waals surface area contributed by atoms with Crippen LogP contribution < -0.4 is 16.0 Å². The molecule has 72 valence electrons. The van der Waals surface area contributed by atoms with Crippen LogP contribution in [0.2, 0.25) is 0 Å². The summed E-state index contributed by atoms with van der Waals surface area (Å²) < 4.78 is 0. The SMILES string of the molecule is O=C1N[C@@H]2NC(=O)N(CCO)[C@@H]2N1. The summed E-state index contributed by atoms with van der Waals surface area (Å²) in [5.41, 5.74) is 0. The second kappa shape index (κ2) is 2.77. The van der Waals surface area contributed by atoms with E-state index in [9.17, 15) is 9.59 Å². The van der Waals surface area contributed by atoms with Gasteiger partial charge in [-0.1, -0.05) is 0 Å². The van der Waals surface area contributed by atoms with E-state index < -0.39 is 0 Å². The zero-order valence-corrected chi connectivity index (χ0v) is 6.78. The van der Waals surface area contributed by atoms with Crippen molar-refractivity contribution in [2.75, 3.05) is 13.2 Å². The maximum absolute atomic E-state index is 11.2. The van der Waals surface area contributed by atoms with Crippen LogP contribution in [0.5, 0.6) is 0 Å². The lowest BCUT2D eigenvalue weighted by Gasteiger charge is -2.19. The lowest BCUT2D eigenvalue weighted by atomic mass is 10.4. The van der Waals surface area contributed by atoms with Crippen LogP contribution in [0, 0.1) is 0 Å². The van der Waals surface area contributed by atoms with Crippen molar-refractivity contribution in [2.24, 2.45) is 0 Å². The van der Waals surface area contributed by atoms with Crippen LogP contribution in [0.3, 0.4) is 0 Å². The molecule has 0 aromatic carbocycles. The normalized spacial score (nSPS) is 31.0. The predicted molar refractivity (Wildman–Crippen MR) is 41.6 cm³/mol. The van der Waals surface area contributed by atoms with Crippen LogP contribution in [0.15, 0.2) is 0 Å². The fraction of sp³-hybridized carbons (Fsp3) is 0.667. The van der Waals surface area contributed by atoms with Gasteiger partial charge in [-0.15, -0.1) is 0 Å². The molecule has 2 aliphatic heterocycles. The second-order valence-corrected chi connectivity index (χ2v) is 2.91. The molecular formula is C6H10N4O3. The van der Waals surface area contributed by atoms with Crippen LogP contribution in [0.25, 0.3) is 0 Å². The van der Waals surface area contributed by atoms with E-state index in [-0.39, 0.29) is 37.5 Å². The number of urea groups is 2. The summed E-state index contributed by atoms with van der Waals surface area (Å²) in [5.74, 6) is 0. The third-order valence-corrected chi connectivity index (χ3v) is 2.10. The van der Waals surface area contributed by atoms with E-state index in [4.69, 9.17) is 5.11 Å². The van der Waals surface area contributed by atoms with Gasteiger partial charge in [-0.05, 0) is 0 Å². The standard InChI is InChI=1S/C6H10N4O3/c11-2-1-10-4-3(8-6(10)13)7-5(12)9-4/h3-4,11H,1-2H2,(H,8,13)(H2,7,9,12)/t3-,4+/m1/s1. The first kappa shape index (κ1) is 8.11. The van der Waals surface area contributed by atoms with Crippen molar-refractivity contribution in [3.05, 3.63) is 0 Å². The Balaban J connectivity index is 2.10. The Labute approximate surface area is 74.1 Å². The van der Waals surface area contributed by atoms with Crippen molar-refractivity contribution in [1.29, 1.82) is 0 Å². The van der Waals surface area contributed by atoms with Crippen molar-refractivity contribution in [3.63, 3.8) is 0 Å². The molecule has 0 unspecified atom stereocenters. The molecule has 2 heterocycles. The van der Waals surface area contributed by atoms with Gasteiger partial charge in [0.15, 0.2) is 0 Å². The molecule has 13 heavy (non-hydrogen) atoms. The number of aliphatic hydroxyl groups is 1. The van der Waals surface area contributed by atoms with Gasteiger partial charge in [-0.2, -0.15) is 0 Å². The maximum Gasteiger partial charge on any atom is 0.320 e. The Hall–Kier alpha value is -1.50. The van der Waals surface area contributed by atoms with E-state index >= 15 is 0 Å². The summed E-state index contributed by atoms with van der Waals surface area (Å²) in [4.78, 5) is 23.4. The molecule has 2 atom stereocenters. The molecule has 0 aromatic rings. The minimum Gasteiger partial charge on any atom is -0.395 e. The average molecular weight is 186 g/mol. The van der Waals surface area contributed by atoms with Crippen LogP contribution in [-0.4, -0.2) is 47.6 Å². The summed E-state index contributed by atoms with van der Waals surface area (Å²) in [5, 5.41) is 16.3. The van der Waals surface area contributed by atoms with E-state index in [1.54, 1.807) is 0 Å². The van der Waals surface area contributed by atoms with Crippen molar-refractivity contribution in [1.82, 2.24) is 20.9 Å². The first-order valence-corrected chi connectivity index (χ1v) is 3.97. The van der Waals surface area contributed by atoms with Gasteiger partial charge in [0.2, 0.25) is 0 Å². The molecule has 7 nitrogen and oxygen atoms in total. The number of rotatable bonds is 2. The van der Waals surface area contributed by atoms with Crippen LogP contribution in [0.1, 0.15) is 0 Å². The maximum atomic E-state index is 11.2. The Morgan fingerprint density at radius 3 is 2.77 bits per heavy atom. The highest BCUT2D eigenvalue weighted by Crippen LogP contribution is 2.12. The smallest absolute Gasteiger partial charge is 0.320 e. The van der Waals surface area contributed by atoms with Gasteiger partial charge in [0, 0.05) is 6.54 Å². The highest BCUT2D eigenvalue weighted by atomic mass is 16.3. The number of nitrogens with one attached hydrogen (secondary N) is 3. The van der Waals surface area contributed by atoms with Gasteiger partial charge >= 0.3 is 12.1 Å². The largest absolute Gasteiger partial charge is 0.395 e. The molecular weight excluding hydrogens is 176 g/mol. The summed E-state index contributed by atoms with van der Waals surface area (Å²) >= 11 is 0. The quantitative estimate of drug-likeness (QED) is 0.400. The summed E-state index contributed by atoms with van der Waals surface area (Å²) in [6, 6.07) is -0.588. The molecule has 4 N–H and O–H groups in total.